The third-order valence-corrected chi connectivity index (χ3v) is 2.32. The van der Waals surface area contributed by atoms with E-state index in [-0.39, 0.29) is 0 Å². The third kappa shape index (κ3) is 2.34. The van der Waals surface area contributed by atoms with Gasteiger partial charge in [0.15, 0.2) is 0 Å². The second-order valence-electron chi connectivity index (χ2n) is 3.55. The predicted molar refractivity (Wildman–Crippen MR) is 64.6 cm³/mol. The standard InChI is InChI=1S/C13H11N3O/c1-9-12(3-2-6-16-9)17-13-5-4-10(8-14)7-11(13)15/h2-7H,15H2,1H3. The Labute approximate surface area is 99.3 Å². The molecule has 0 radical (unpaired) electrons. The van der Waals surface area contributed by atoms with Gasteiger partial charge in [0.2, 0.25) is 0 Å². The van der Waals surface area contributed by atoms with E-state index in [2.05, 4.69) is 4.98 Å². The van der Waals surface area contributed by atoms with Crippen LogP contribution in [0.15, 0.2) is 36.5 Å². The van der Waals surface area contributed by atoms with Crippen LogP contribution in [0, 0.1) is 18.3 Å². The Balaban J connectivity index is 2.32. The molecule has 1 heterocycles. The normalized spacial score (nSPS) is 9.65. The van der Waals surface area contributed by atoms with Crippen LogP contribution < -0.4 is 10.5 Å². The Hall–Kier alpha value is -2.54. The molecule has 2 aromatic rings. The second kappa shape index (κ2) is 4.54. The summed E-state index contributed by atoms with van der Waals surface area (Å²) in [6, 6.07) is 10.6. The maximum absolute atomic E-state index is 8.73. The predicted octanol–water partition coefficient (Wildman–Crippen LogP) is 2.64. The van der Waals surface area contributed by atoms with Crippen molar-refractivity contribution in [1.29, 1.82) is 5.26 Å². The van der Waals surface area contributed by atoms with Gasteiger partial charge in [-0.25, -0.2) is 0 Å². The Morgan fingerprint density at radius 2 is 2.12 bits per heavy atom. The maximum atomic E-state index is 8.73. The minimum Gasteiger partial charge on any atom is -0.453 e. The Kier molecular flexibility index (Phi) is 2.93. The van der Waals surface area contributed by atoms with Gasteiger partial charge in [0.25, 0.3) is 0 Å². The number of nitrogens with zero attached hydrogens (tertiary/aromatic N) is 2. The number of aromatic nitrogens is 1. The van der Waals surface area contributed by atoms with E-state index in [1.807, 2.05) is 19.1 Å². The fraction of sp³-hybridized carbons (Fsp3) is 0.0769. The zero-order valence-electron chi connectivity index (χ0n) is 9.34. The molecule has 0 fully saturated rings. The number of benzene rings is 1. The number of ether oxygens (including phenoxy) is 1. The van der Waals surface area contributed by atoms with Crippen LogP contribution in [0.1, 0.15) is 11.3 Å². The van der Waals surface area contributed by atoms with Crippen LogP contribution in [0.3, 0.4) is 0 Å². The molecule has 4 heteroatoms. The fourth-order valence-corrected chi connectivity index (χ4v) is 1.41. The maximum Gasteiger partial charge on any atom is 0.150 e. The fourth-order valence-electron chi connectivity index (χ4n) is 1.41. The van der Waals surface area contributed by atoms with E-state index in [9.17, 15) is 0 Å². The number of nitriles is 1. The topological polar surface area (TPSA) is 71.9 Å². The third-order valence-electron chi connectivity index (χ3n) is 2.32. The number of aryl methyl sites for hydroxylation is 1. The molecule has 2 N–H and O–H groups in total. The van der Waals surface area contributed by atoms with Gasteiger partial charge in [-0.05, 0) is 37.3 Å². The lowest BCUT2D eigenvalue weighted by Gasteiger charge is -2.09. The number of nitrogens with two attached hydrogens (primary N) is 1. The summed E-state index contributed by atoms with van der Waals surface area (Å²) >= 11 is 0. The van der Waals surface area contributed by atoms with Crippen LogP contribution in [0.25, 0.3) is 0 Å². The summed E-state index contributed by atoms with van der Waals surface area (Å²) in [4.78, 5) is 4.12. The molecule has 0 aliphatic carbocycles. The van der Waals surface area contributed by atoms with Gasteiger partial charge in [-0.15, -0.1) is 0 Å². The summed E-state index contributed by atoms with van der Waals surface area (Å²) in [6.45, 7) is 1.86. The molecule has 0 spiro atoms. The Morgan fingerprint density at radius 1 is 1.29 bits per heavy atom. The lowest BCUT2D eigenvalue weighted by Crippen LogP contribution is -1.95. The highest BCUT2D eigenvalue weighted by Crippen LogP contribution is 2.29. The first-order valence-corrected chi connectivity index (χ1v) is 5.10. The number of hydrogen-bond acceptors (Lipinski definition) is 4. The average molecular weight is 225 g/mol. The van der Waals surface area contributed by atoms with Crippen molar-refractivity contribution in [1.82, 2.24) is 4.98 Å². The number of anilines is 1. The molecule has 0 unspecified atom stereocenters. The summed E-state index contributed by atoms with van der Waals surface area (Å²) in [5, 5.41) is 8.73. The Morgan fingerprint density at radius 3 is 2.76 bits per heavy atom. The molecule has 84 valence electrons. The van der Waals surface area contributed by atoms with Gasteiger partial charge in [-0.1, -0.05) is 0 Å². The molecule has 2 rings (SSSR count). The second-order valence-corrected chi connectivity index (χ2v) is 3.55. The summed E-state index contributed by atoms with van der Waals surface area (Å²) < 4.78 is 5.64. The quantitative estimate of drug-likeness (QED) is 0.797. The van der Waals surface area contributed by atoms with Crippen molar-refractivity contribution in [3.8, 4) is 17.6 Å². The summed E-state index contributed by atoms with van der Waals surface area (Å²) in [5.41, 5.74) is 7.54. The van der Waals surface area contributed by atoms with Crippen molar-refractivity contribution >= 4 is 5.69 Å². The molecule has 1 aromatic carbocycles. The van der Waals surface area contributed by atoms with Gasteiger partial charge in [0, 0.05) is 6.20 Å². The zero-order valence-corrected chi connectivity index (χ0v) is 9.34. The van der Waals surface area contributed by atoms with E-state index in [1.165, 1.54) is 0 Å². The van der Waals surface area contributed by atoms with E-state index in [4.69, 9.17) is 15.7 Å². The highest BCUT2D eigenvalue weighted by Gasteiger charge is 2.05. The molecular formula is C13H11N3O. The number of rotatable bonds is 2. The van der Waals surface area contributed by atoms with Crippen molar-refractivity contribution in [2.45, 2.75) is 6.92 Å². The van der Waals surface area contributed by atoms with Crippen LogP contribution in [0.5, 0.6) is 11.5 Å². The number of hydrogen-bond donors (Lipinski definition) is 1. The smallest absolute Gasteiger partial charge is 0.150 e. The molecule has 1 aromatic heterocycles. The van der Waals surface area contributed by atoms with Gasteiger partial charge < -0.3 is 10.5 Å². The van der Waals surface area contributed by atoms with Crippen molar-refractivity contribution in [3.63, 3.8) is 0 Å². The molecule has 0 saturated carbocycles. The molecule has 0 saturated heterocycles. The average Bonchev–Trinajstić information content (AvgIpc) is 2.34. The number of pyridine rings is 1. The highest BCUT2D eigenvalue weighted by atomic mass is 16.5. The minimum absolute atomic E-state index is 0.437. The first-order chi connectivity index (χ1) is 8.20. The first kappa shape index (κ1) is 11.0. The largest absolute Gasteiger partial charge is 0.453 e. The molecule has 0 amide bonds. The Bertz CT molecular complexity index is 587. The molecule has 0 aliphatic heterocycles. The molecule has 17 heavy (non-hydrogen) atoms. The first-order valence-electron chi connectivity index (χ1n) is 5.10. The SMILES string of the molecule is Cc1ncccc1Oc1ccc(C#N)cc1N. The van der Waals surface area contributed by atoms with Crippen molar-refractivity contribution < 1.29 is 4.74 Å². The molecule has 0 atom stereocenters. The summed E-state index contributed by atoms with van der Waals surface area (Å²) in [5.74, 6) is 1.18. The van der Waals surface area contributed by atoms with E-state index in [1.54, 1.807) is 30.5 Å². The van der Waals surface area contributed by atoms with Crippen LogP contribution in [-0.4, -0.2) is 4.98 Å². The minimum atomic E-state index is 0.437. The van der Waals surface area contributed by atoms with Crippen LogP contribution >= 0.6 is 0 Å². The van der Waals surface area contributed by atoms with E-state index < -0.39 is 0 Å². The molecule has 0 aliphatic rings. The van der Waals surface area contributed by atoms with Crippen LogP contribution in [0.4, 0.5) is 5.69 Å². The molecular weight excluding hydrogens is 214 g/mol. The monoisotopic (exact) mass is 225 g/mol. The van der Waals surface area contributed by atoms with E-state index >= 15 is 0 Å². The summed E-state index contributed by atoms with van der Waals surface area (Å²) in [6.07, 6.45) is 1.70. The number of nitrogen functional groups attached to an aromatic ring is 1. The molecule has 4 nitrogen and oxygen atoms in total. The van der Waals surface area contributed by atoms with Gasteiger partial charge in [-0.3, -0.25) is 4.98 Å². The van der Waals surface area contributed by atoms with Gasteiger partial charge >= 0.3 is 0 Å². The zero-order chi connectivity index (χ0) is 12.3. The van der Waals surface area contributed by atoms with Crippen LogP contribution in [0.2, 0.25) is 0 Å². The lowest BCUT2D eigenvalue weighted by molar-refractivity contribution is 0.478. The summed E-state index contributed by atoms with van der Waals surface area (Å²) in [7, 11) is 0. The van der Waals surface area contributed by atoms with Gasteiger partial charge in [0.05, 0.1) is 23.0 Å². The van der Waals surface area contributed by atoms with Crippen LogP contribution in [-0.2, 0) is 0 Å². The van der Waals surface area contributed by atoms with Crippen molar-refractivity contribution in [2.75, 3.05) is 5.73 Å². The highest BCUT2D eigenvalue weighted by molar-refractivity contribution is 5.57. The van der Waals surface area contributed by atoms with E-state index in [0.717, 1.165) is 5.69 Å². The van der Waals surface area contributed by atoms with E-state index in [0.29, 0.717) is 22.7 Å². The molecule has 0 bridgehead atoms. The van der Waals surface area contributed by atoms with Crippen molar-refractivity contribution in [3.05, 3.63) is 47.8 Å². The van der Waals surface area contributed by atoms with Gasteiger partial charge in [0.1, 0.15) is 11.5 Å². The van der Waals surface area contributed by atoms with Gasteiger partial charge in [-0.2, -0.15) is 5.26 Å². The van der Waals surface area contributed by atoms with Crippen molar-refractivity contribution in [2.24, 2.45) is 0 Å². The lowest BCUT2D eigenvalue weighted by atomic mass is 10.2.